The molecule has 212 valence electrons. The van der Waals surface area contributed by atoms with Crippen LogP contribution in [0.25, 0.3) is 6.08 Å². The van der Waals surface area contributed by atoms with E-state index in [-0.39, 0.29) is 13.0 Å². The number of alkyl halides is 3. The molecule has 1 aromatic heterocycles. The zero-order valence-electron chi connectivity index (χ0n) is 22.2. The molecule has 0 saturated heterocycles. The maximum absolute atomic E-state index is 13.8. The molecule has 1 aliphatic heterocycles. The third-order valence-corrected chi connectivity index (χ3v) is 7.73. The Bertz CT molecular complexity index is 1080. The van der Waals surface area contributed by atoms with Crippen LogP contribution in [-0.2, 0) is 20.9 Å². The van der Waals surface area contributed by atoms with Gasteiger partial charge in [-0.3, -0.25) is 9.59 Å². The number of carbonyl (C=O) groups excluding carboxylic acids is 2. The summed E-state index contributed by atoms with van der Waals surface area (Å²) in [6.45, 7) is 7.35. The van der Waals surface area contributed by atoms with Gasteiger partial charge in [0.05, 0.1) is 36.3 Å². The monoisotopic (exact) mass is 559 g/mol. The predicted molar refractivity (Wildman–Crippen MR) is 138 cm³/mol. The summed E-state index contributed by atoms with van der Waals surface area (Å²) < 4.78 is 46.8. The summed E-state index contributed by atoms with van der Waals surface area (Å²) in [5.74, 6) is -2.94. The van der Waals surface area contributed by atoms with Crippen LogP contribution in [0.2, 0.25) is 0 Å². The largest absolute Gasteiger partial charge is 0.457 e. The summed E-state index contributed by atoms with van der Waals surface area (Å²) in [7, 11) is 0. The SMILES string of the molecule is C/C(=C\c1csc(CO)n1)C1C/C=C(/C(F)(F)F)C/C=C/C(C)C(O)C(C)C(=O)C(C)(C)[C@@H](O)CC(=O)O1. The molecule has 0 aliphatic carbocycles. The third kappa shape index (κ3) is 8.33. The number of aliphatic hydroxyl groups excluding tert-OH is 3. The predicted octanol–water partition coefficient (Wildman–Crippen LogP) is 4.77. The number of carbonyl (C=O) groups is 2. The van der Waals surface area contributed by atoms with Crippen LogP contribution in [0.3, 0.4) is 0 Å². The van der Waals surface area contributed by atoms with Crippen molar-refractivity contribution in [2.45, 2.75) is 85.0 Å². The molecule has 4 unspecified atom stereocenters. The highest BCUT2D eigenvalue weighted by molar-refractivity contribution is 7.09. The van der Waals surface area contributed by atoms with Crippen molar-refractivity contribution in [3.63, 3.8) is 0 Å². The molecule has 5 atom stereocenters. The Morgan fingerprint density at radius 3 is 2.50 bits per heavy atom. The van der Waals surface area contributed by atoms with Gasteiger partial charge < -0.3 is 20.1 Å². The molecule has 0 spiro atoms. The van der Waals surface area contributed by atoms with Crippen LogP contribution < -0.4 is 0 Å². The first-order chi connectivity index (χ1) is 17.6. The summed E-state index contributed by atoms with van der Waals surface area (Å²) in [5.41, 5.74) is -1.38. The minimum absolute atomic E-state index is 0.262. The van der Waals surface area contributed by atoms with Crippen LogP contribution in [0.15, 0.2) is 34.8 Å². The average molecular weight is 560 g/mol. The lowest BCUT2D eigenvalue weighted by Crippen LogP contribution is -2.45. The number of ketones is 1. The number of cyclic esters (lactones) is 1. The number of aromatic nitrogens is 1. The minimum atomic E-state index is -4.64. The van der Waals surface area contributed by atoms with Gasteiger partial charge in [-0.1, -0.05) is 45.9 Å². The lowest BCUT2D eigenvalue weighted by molar-refractivity contribution is -0.154. The fourth-order valence-corrected chi connectivity index (χ4v) is 4.80. The lowest BCUT2D eigenvalue weighted by atomic mass is 9.73. The summed E-state index contributed by atoms with van der Waals surface area (Å²) in [4.78, 5) is 30.1. The molecule has 1 aromatic rings. The zero-order chi connectivity index (χ0) is 28.8. The lowest BCUT2D eigenvalue weighted by Gasteiger charge is -2.34. The van der Waals surface area contributed by atoms with E-state index in [1.165, 1.54) is 44.3 Å². The van der Waals surface area contributed by atoms with E-state index in [0.717, 1.165) is 6.08 Å². The van der Waals surface area contributed by atoms with E-state index in [9.17, 15) is 38.1 Å². The van der Waals surface area contributed by atoms with E-state index in [1.54, 1.807) is 25.3 Å². The summed E-state index contributed by atoms with van der Waals surface area (Å²) in [6, 6.07) is 0. The first-order valence-electron chi connectivity index (χ1n) is 12.3. The minimum Gasteiger partial charge on any atom is -0.457 e. The van der Waals surface area contributed by atoms with Gasteiger partial charge in [0.25, 0.3) is 0 Å². The highest BCUT2D eigenvalue weighted by Gasteiger charge is 2.42. The van der Waals surface area contributed by atoms with Crippen molar-refractivity contribution < 1.29 is 42.8 Å². The molecule has 0 bridgehead atoms. The van der Waals surface area contributed by atoms with Crippen molar-refractivity contribution >= 4 is 29.2 Å². The third-order valence-electron chi connectivity index (χ3n) is 6.87. The van der Waals surface area contributed by atoms with Crippen LogP contribution in [-0.4, -0.2) is 56.5 Å². The van der Waals surface area contributed by atoms with Crippen LogP contribution in [0.1, 0.15) is 64.6 Å². The number of rotatable bonds is 3. The zero-order valence-corrected chi connectivity index (χ0v) is 23.0. The molecule has 1 aliphatic rings. The maximum Gasteiger partial charge on any atom is 0.412 e. The molecule has 38 heavy (non-hydrogen) atoms. The molecule has 0 fully saturated rings. The van der Waals surface area contributed by atoms with Crippen LogP contribution in [0.4, 0.5) is 13.2 Å². The van der Waals surface area contributed by atoms with Crippen molar-refractivity contribution in [2.24, 2.45) is 17.3 Å². The Labute approximate surface area is 224 Å². The molecule has 0 radical (unpaired) electrons. The molecule has 11 heteroatoms. The molecule has 3 N–H and O–H groups in total. The van der Waals surface area contributed by atoms with Crippen LogP contribution in [0.5, 0.6) is 0 Å². The number of nitrogens with zero attached hydrogens (tertiary/aromatic N) is 1. The Morgan fingerprint density at radius 1 is 1.26 bits per heavy atom. The number of aliphatic hydroxyl groups is 3. The van der Waals surface area contributed by atoms with Gasteiger partial charge in [0, 0.05) is 29.2 Å². The summed E-state index contributed by atoms with van der Waals surface area (Å²) in [6.07, 6.45) is -4.45. The smallest absolute Gasteiger partial charge is 0.412 e. The maximum atomic E-state index is 13.8. The molecule has 0 amide bonds. The number of allylic oxidation sites excluding steroid dienone is 2. The van der Waals surface area contributed by atoms with Crippen molar-refractivity contribution in [2.75, 3.05) is 0 Å². The second kappa shape index (κ2) is 13.1. The Hall–Kier alpha value is -2.34. The average Bonchev–Trinajstić information content (AvgIpc) is 3.29. The molecule has 2 rings (SSSR count). The number of Topliss-reactive ketones (excluding diaryl/α,β-unsaturated/α-hetero) is 1. The number of hydrogen-bond donors (Lipinski definition) is 3. The second-order valence-electron chi connectivity index (χ2n) is 10.2. The number of halogens is 3. The Morgan fingerprint density at radius 2 is 1.92 bits per heavy atom. The van der Waals surface area contributed by atoms with Gasteiger partial charge in [-0.25, -0.2) is 4.98 Å². The number of thiazole rings is 1. The van der Waals surface area contributed by atoms with E-state index in [1.807, 2.05) is 0 Å². The molecule has 7 nitrogen and oxygen atoms in total. The van der Waals surface area contributed by atoms with Gasteiger partial charge in [-0.2, -0.15) is 13.2 Å². The Kier molecular flexibility index (Phi) is 11.0. The van der Waals surface area contributed by atoms with Gasteiger partial charge in [0.1, 0.15) is 16.9 Å². The van der Waals surface area contributed by atoms with Crippen molar-refractivity contribution in [1.82, 2.24) is 4.98 Å². The topological polar surface area (TPSA) is 117 Å². The molecule has 0 aromatic carbocycles. The first-order valence-corrected chi connectivity index (χ1v) is 13.2. The van der Waals surface area contributed by atoms with E-state index in [4.69, 9.17) is 4.74 Å². The van der Waals surface area contributed by atoms with E-state index < -0.39 is 71.9 Å². The summed E-state index contributed by atoms with van der Waals surface area (Å²) >= 11 is 1.21. The Balaban J connectivity index is 2.50. The van der Waals surface area contributed by atoms with Gasteiger partial charge in [-0.05, 0) is 25.0 Å². The second-order valence-corrected chi connectivity index (χ2v) is 11.2. The summed E-state index contributed by atoms with van der Waals surface area (Å²) in [5, 5.41) is 32.8. The van der Waals surface area contributed by atoms with Crippen molar-refractivity contribution in [3.8, 4) is 0 Å². The van der Waals surface area contributed by atoms with E-state index in [2.05, 4.69) is 4.98 Å². The molecule has 0 saturated carbocycles. The number of esters is 1. The first kappa shape index (κ1) is 31.9. The van der Waals surface area contributed by atoms with E-state index in [0.29, 0.717) is 16.3 Å². The molecular weight excluding hydrogens is 523 g/mol. The van der Waals surface area contributed by atoms with E-state index >= 15 is 0 Å². The van der Waals surface area contributed by atoms with Crippen LogP contribution in [0, 0.1) is 17.3 Å². The quantitative estimate of drug-likeness (QED) is 0.361. The van der Waals surface area contributed by atoms with Gasteiger partial charge in [0.15, 0.2) is 0 Å². The number of ether oxygens (including phenoxy) is 1. The highest BCUT2D eigenvalue weighted by Crippen LogP contribution is 2.33. The normalized spacial score (nSPS) is 30.9. The van der Waals surface area contributed by atoms with Gasteiger partial charge in [-0.15, -0.1) is 11.3 Å². The fourth-order valence-electron chi connectivity index (χ4n) is 4.19. The molecular formula is C27H36F3NO6S. The highest BCUT2D eigenvalue weighted by atomic mass is 32.1. The van der Waals surface area contributed by atoms with Crippen LogP contribution >= 0.6 is 11.3 Å². The van der Waals surface area contributed by atoms with Crippen molar-refractivity contribution in [3.05, 3.63) is 45.5 Å². The molecule has 2 heterocycles. The van der Waals surface area contributed by atoms with Gasteiger partial charge >= 0.3 is 12.1 Å². The fraction of sp³-hybridized carbons (Fsp3) is 0.593. The number of hydrogen-bond acceptors (Lipinski definition) is 8. The van der Waals surface area contributed by atoms with Gasteiger partial charge in [0.2, 0.25) is 0 Å². The van der Waals surface area contributed by atoms with Crippen molar-refractivity contribution in [1.29, 1.82) is 0 Å². The standard InChI is InChI=1S/C27H36F3NO6S/c1-15-7-6-8-18(27(28,29)30)9-10-20(16(2)11-19-14-38-22(13-32)31-19)37-23(34)12-21(33)26(4,5)25(36)17(3)24(15)35/h6-7,9,11,14-15,17,20-21,24,32-33,35H,8,10,12-13H2,1-5H3/b7-6+,16-11+,18-9+/t15?,17?,20?,21-,24?/m0/s1.